The molecular formula is C4H7N3OS. The predicted molar refractivity (Wildman–Crippen MR) is 33.6 cm³/mol. The molecule has 0 unspecified atom stereocenters. The SMILES string of the molecule is Cc1nnsc1CON. The van der Waals surface area contributed by atoms with Gasteiger partial charge in [-0.3, -0.25) is 4.84 Å². The van der Waals surface area contributed by atoms with Gasteiger partial charge in [-0.2, -0.15) is 0 Å². The van der Waals surface area contributed by atoms with Crippen LogP contribution in [0, 0.1) is 6.92 Å². The van der Waals surface area contributed by atoms with Crippen LogP contribution in [0.4, 0.5) is 0 Å². The lowest BCUT2D eigenvalue weighted by molar-refractivity contribution is 0.126. The van der Waals surface area contributed by atoms with Gasteiger partial charge in [0.1, 0.15) is 6.61 Å². The highest BCUT2D eigenvalue weighted by Crippen LogP contribution is 2.08. The highest BCUT2D eigenvalue weighted by Gasteiger charge is 2.00. The molecular weight excluding hydrogens is 138 g/mol. The van der Waals surface area contributed by atoms with Crippen LogP contribution in [0.25, 0.3) is 0 Å². The van der Waals surface area contributed by atoms with Crippen molar-refractivity contribution in [2.24, 2.45) is 5.90 Å². The molecule has 4 nitrogen and oxygen atoms in total. The van der Waals surface area contributed by atoms with E-state index in [2.05, 4.69) is 14.4 Å². The highest BCUT2D eigenvalue weighted by molar-refractivity contribution is 7.05. The Bertz CT molecular complexity index is 188. The van der Waals surface area contributed by atoms with E-state index in [1.165, 1.54) is 11.5 Å². The quantitative estimate of drug-likeness (QED) is 0.605. The van der Waals surface area contributed by atoms with Gasteiger partial charge in [0.25, 0.3) is 0 Å². The lowest BCUT2D eigenvalue weighted by Gasteiger charge is -1.90. The van der Waals surface area contributed by atoms with Gasteiger partial charge in [0.15, 0.2) is 0 Å². The van der Waals surface area contributed by atoms with Crippen molar-refractivity contribution in [2.75, 3.05) is 0 Å². The lowest BCUT2D eigenvalue weighted by Crippen LogP contribution is -1.97. The third kappa shape index (κ3) is 1.44. The Morgan fingerprint density at radius 2 is 2.56 bits per heavy atom. The molecule has 0 saturated carbocycles. The van der Waals surface area contributed by atoms with Crippen molar-refractivity contribution in [1.82, 2.24) is 9.59 Å². The second-order valence-corrected chi connectivity index (χ2v) is 2.43. The van der Waals surface area contributed by atoms with Gasteiger partial charge in [0, 0.05) is 0 Å². The maximum absolute atomic E-state index is 4.84. The molecule has 5 heteroatoms. The number of rotatable bonds is 2. The van der Waals surface area contributed by atoms with E-state index < -0.39 is 0 Å². The monoisotopic (exact) mass is 145 g/mol. The van der Waals surface area contributed by atoms with Crippen molar-refractivity contribution < 1.29 is 4.84 Å². The first-order valence-corrected chi connectivity index (χ1v) is 3.21. The van der Waals surface area contributed by atoms with Crippen LogP contribution in [-0.4, -0.2) is 9.59 Å². The summed E-state index contributed by atoms with van der Waals surface area (Å²) < 4.78 is 3.70. The molecule has 0 amide bonds. The first kappa shape index (κ1) is 6.60. The van der Waals surface area contributed by atoms with Crippen molar-refractivity contribution in [3.63, 3.8) is 0 Å². The van der Waals surface area contributed by atoms with Gasteiger partial charge in [0.05, 0.1) is 10.6 Å². The minimum absolute atomic E-state index is 0.406. The van der Waals surface area contributed by atoms with Crippen molar-refractivity contribution in [1.29, 1.82) is 0 Å². The van der Waals surface area contributed by atoms with E-state index in [4.69, 9.17) is 5.90 Å². The van der Waals surface area contributed by atoms with Crippen LogP contribution in [0.1, 0.15) is 10.6 Å². The normalized spacial score (nSPS) is 10.0. The Hall–Kier alpha value is -0.520. The lowest BCUT2D eigenvalue weighted by atomic mass is 10.4. The smallest absolute Gasteiger partial charge is 0.106 e. The molecule has 1 aromatic rings. The third-order valence-electron chi connectivity index (χ3n) is 0.960. The molecule has 0 aliphatic rings. The van der Waals surface area contributed by atoms with E-state index in [9.17, 15) is 0 Å². The van der Waals surface area contributed by atoms with E-state index in [1.807, 2.05) is 6.92 Å². The molecule has 50 valence electrons. The Morgan fingerprint density at radius 1 is 1.78 bits per heavy atom. The molecule has 1 aromatic heterocycles. The zero-order valence-electron chi connectivity index (χ0n) is 5.00. The predicted octanol–water partition coefficient (Wildman–Crippen LogP) is 0.237. The Balaban J connectivity index is 2.69. The molecule has 0 atom stereocenters. The number of nitrogens with zero attached hydrogens (tertiary/aromatic N) is 2. The third-order valence-corrected chi connectivity index (χ3v) is 1.76. The van der Waals surface area contributed by atoms with E-state index in [1.54, 1.807) is 0 Å². The van der Waals surface area contributed by atoms with Crippen molar-refractivity contribution in [2.45, 2.75) is 13.5 Å². The minimum Gasteiger partial charge on any atom is -0.299 e. The molecule has 0 fully saturated rings. The van der Waals surface area contributed by atoms with E-state index in [0.717, 1.165) is 10.6 Å². The van der Waals surface area contributed by atoms with Gasteiger partial charge in [-0.25, -0.2) is 5.90 Å². The minimum atomic E-state index is 0.406. The largest absolute Gasteiger partial charge is 0.299 e. The number of aromatic nitrogens is 2. The van der Waals surface area contributed by atoms with Gasteiger partial charge < -0.3 is 0 Å². The van der Waals surface area contributed by atoms with Crippen LogP contribution in [0.3, 0.4) is 0 Å². The number of nitrogens with two attached hydrogens (primary N) is 1. The van der Waals surface area contributed by atoms with Crippen LogP contribution in [0.15, 0.2) is 0 Å². The topological polar surface area (TPSA) is 61.0 Å². The van der Waals surface area contributed by atoms with E-state index in [-0.39, 0.29) is 0 Å². The fourth-order valence-electron chi connectivity index (χ4n) is 0.459. The standard InChI is InChI=1S/C4H7N3OS/c1-3-4(2-8-5)9-7-6-3/h2,5H2,1H3. The molecule has 0 radical (unpaired) electrons. The molecule has 1 rings (SSSR count). The second-order valence-electron chi connectivity index (χ2n) is 1.59. The zero-order chi connectivity index (χ0) is 6.69. The number of hydrogen-bond acceptors (Lipinski definition) is 5. The summed E-state index contributed by atoms with van der Waals surface area (Å²) >= 11 is 1.31. The molecule has 0 saturated heterocycles. The van der Waals surface area contributed by atoms with Crippen molar-refractivity contribution in [3.8, 4) is 0 Å². The Labute approximate surface area is 56.8 Å². The fraction of sp³-hybridized carbons (Fsp3) is 0.500. The second kappa shape index (κ2) is 2.86. The summed E-state index contributed by atoms with van der Waals surface area (Å²) in [6.45, 7) is 2.28. The summed E-state index contributed by atoms with van der Waals surface area (Å²) in [6, 6.07) is 0. The summed E-state index contributed by atoms with van der Waals surface area (Å²) in [6.07, 6.45) is 0. The van der Waals surface area contributed by atoms with Crippen LogP contribution < -0.4 is 5.90 Å². The van der Waals surface area contributed by atoms with Crippen LogP contribution >= 0.6 is 11.5 Å². The average molecular weight is 145 g/mol. The molecule has 0 aliphatic heterocycles. The summed E-state index contributed by atoms with van der Waals surface area (Å²) in [5.41, 5.74) is 0.894. The first-order valence-electron chi connectivity index (χ1n) is 2.44. The van der Waals surface area contributed by atoms with Gasteiger partial charge in [0.2, 0.25) is 0 Å². The summed E-state index contributed by atoms with van der Waals surface area (Å²) in [4.78, 5) is 5.38. The summed E-state index contributed by atoms with van der Waals surface area (Å²) in [5.74, 6) is 4.84. The van der Waals surface area contributed by atoms with E-state index >= 15 is 0 Å². The van der Waals surface area contributed by atoms with Gasteiger partial charge in [-0.1, -0.05) is 4.49 Å². The van der Waals surface area contributed by atoms with Gasteiger partial charge >= 0.3 is 0 Å². The fourth-order valence-corrected chi connectivity index (χ4v) is 1.01. The first-order chi connectivity index (χ1) is 4.34. The van der Waals surface area contributed by atoms with Crippen LogP contribution in [0.2, 0.25) is 0 Å². The Morgan fingerprint density at radius 3 is 3.00 bits per heavy atom. The zero-order valence-corrected chi connectivity index (χ0v) is 5.81. The highest BCUT2D eigenvalue weighted by atomic mass is 32.1. The van der Waals surface area contributed by atoms with E-state index in [0.29, 0.717) is 6.61 Å². The van der Waals surface area contributed by atoms with Crippen molar-refractivity contribution in [3.05, 3.63) is 10.6 Å². The van der Waals surface area contributed by atoms with Gasteiger partial charge in [-0.15, -0.1) is 5.10 Å². The molecule has 9 heavy (non-hydrogen) atoms. The summed E-state index contributed by atoms with van der Waals surface area (Å²) in [5, 5.41) is 3.77. The summed E-state index contributed by atoms with van der Waals surface area (Å²) in [7, 11) is 0. The molecule has 0 spiro atoms. The molecule has 2 N–H and O–H groups in total. The number of hydrogen-bond donors (Lipinski definition) is 1. The molecule has 0 aliphatic carbocycles. The molecule has 0 bridgehead atoms. The Kier molecular flexibility index (Phi) is 2.10. The van der Waals surface area contributed by atoms with Crippen molar-refractivity contribution >= 4 is 11.5 Å². The van der Waals surface area contributed by atoms with Crippen LogP contribution in [-0.2, 0) is 11.4 Å². The molecule has 1 heterocycles. The average Bonchev–Trinajstić information content (AvgIpc) is 2.18. The van der Waals surface area contributed by atoms with Crippen LogP contribution in [0.5, 0.6) is 0 Å². The molecule has 0 aromatic carbocycles. The van der Waals surface area contributed by atoms with Gasteiger partial charge in [-0.05, 0) is 18.5 Å². The maximum atomic E-state index is 4.84. The number of aryl methyl sites for hydroxylation is 1. The maximum Gasteiger partial charge on any atom is 0.106 e.